The summed E-state index contributed by atoms with van der Waals surface area (Å²) in [5.41, 5.74) is 0.116. The highest BCUT2D eigenvalue weighted by atomic mass is 19.4. The second kappa shape index (κ2) is 9.74. The molecular formula is C33H37F3N2O4. The van der Waals surface area contributed by atoms with E-state index in [-0.39, 0.29) is 18.0 Å². The van der Waals surface area contributed by atoms with Crippen LogP contribution in [0.25, 0.3) is 6.08 Å². The van der Waals surface area contributed by atoms with E-state index in [1.165, 1.54) is 36.6 Å². The molecule has 7 rings (SSSR count). The maximum Gasteiger partial charge on any atom is 0.416 e. The van der Waals surface area contributed by atoms with Crippen LogP contribution in [0.3, 0.4) is 0 Å². The van der Waals surface area contributed by atoms with Gasteiger partial charge < -0.3 is 19.5 Å². The van der Waals surface area contributed by atoms with Crippen LogP contribution in [-0.4, -0.2) is 71.3 Å². The molecule has 3 fully saturated rings. The van der Waals surface area contributed by atoms with Crippen molar-refractivity contribution < 1.29 is 32.5 Å². The smallest absolute Gasteiger partial charge is 0.416 e. The Balaban J connectivity index is 1.24. The number of carbonyl (C=O) groups excluding carboxylic acids is 1. The van der Waals surface area contributed by atoms with Crippen molar-refractivity contribution in [2.24, 2.45) is 5.92 Å². The van der Waals surface area contributed by atoms with E-state index in [2.05, 4.69) is 11.0 Å². The number of amides is 1. The molecule has 3 aliphatic carbocycles. The Hall–Kier alpha value is -3.04. The number of benzene rings is 2. The topological polar surface area (TPSA) is 62.2 Å². The molecule has 0 radical (unpaired) electrons. The van der Waals surface area contributed by atoms with E-state index in [1.54, 1.807) is 18.1 Å². The predicted octanol–water partition coefficient (Wildman–Crippen LogP) is 5.21. The maximum atomic E-state index is 13.7. The first-order valence-electron chi connectivity index (χ1n) is 15.1. The highest BCUT2D eigenvalue weighted by molar-refractivity contribution is 5.92. The number of carbonyl (C=O) groups is 1. The fourth-order valence-electron chi connectivity index (χ4n) is 8.56. The summed E-state index contributed by atoms with van der Waals surface area (Å²) in [7, 11) is 1.62. The Bertz CT molecular complexity index is 1440. The van der Waals surface area contributed by atoms with Gasteiger partial charge in [0.25, 0.3) is 0 Å². The van der Waals surface area contributed by atoms with E-state index in [0.717, 1.165) is 43.6 Å². The normalized spacial score (nSPS) is 31.5. The summed E-state index contributed by atoms with van der Waals surface area (Å²) in [6.07, 6.45) is 2.98. The van der Waals surface area contributed by atoms with Gasteiger partial charge in [0.15, 0.2) is 11.5 Å². The second-order valence-corrected chi connectivity index (χ2v) is 12.7. The van der Waals surface area contributed by atoms with Crippen molar-refractivity contribution >= 4 is 12.0 Å². The first-order valence-corrected chi connectivity index (χ1v) is 15.1. The van der Waals surface area contributed by atoms with Gasteiger partial charge in [-0.15, -0.1) is 0 Å². The van der Waals surface area contributed by atoms with Gasteiger partial charge >= 0.3 is 6.18 Å². The molecule has 224 valence electrons. The summed E-state index contributed by atoms with van der Waals surface area (Å²) in [5.74, 6) is 1.74. The summed E-state index contributed by atoms with van der Waals surface area (Å²) in [4.78, 5) is 17.9. The maximum absolute atomic E-state index is 13.7. The number of hydrogen-bond acceptors (Lipinski definition) is 5. The first kappa shape index (κ1) is 27.8. The van der Waals surface area contributed by atoms with Crippen LogP contribution >= 0.6 is 0 Å². The third-order valence-corrected chi connectivity index (χ3v) is 10.6. The van der Waals surface area contributed by atoms with Crippen LogP contribution in [0.1, 0.15) is 61.3 Å². The lowest BCUT2D eigenvalue weighted by molar-refractivity contribution is -0.201. The molecule has 1 amide bonds. The van der Waals surface area contributed by atoms with E-state index < -0.39 is 28.9 Å². The van der Waals surface area contributed by atoms with E-state index in [9.17, 15) is 23.1 Å². The molecule has 2 aromatic rings. The number of nitrogens with zero attached hydrogens (tertiary/aromatic N) is 2. The average molecular weight is 583 g/mol. The number of hydrogen-bond donors (Lipinski definition) is 1. The minimum Gasteiger partial charge on any atom is -0.493 e. The van der Waals surface area contributed by atoms with Crippen molar-refractivity contribution in [2.45, 2.75) is 80.8 Å². The molecule has 1 spiro atoms. The standard InChI is InChI=1S/C33H37F3N2O4/c1-3-38(27(39)12-9-20-5-4-6-23(17-20)33(34,35)36)24-13-14-32(40)26-18-22-10-11-25(41-2)29-28(22)31(32,30(24)42-29)15-16-37(26)19-21-7-8-21/h4-6,9-12,17,21,24,26,30,40H,3,7-8,13-16,18-19H2,1-2H3/t24-,26+,30-,31-,32+/m0/s1. The fraction of sp³-hybridized carbons (Fsp3) is 0.545. The van der Waals surface area contributed by atoms with Gasteiger partial charge in [0.1, 0.15) is 6.10 Å². The van der Waals surface area contributed by atoms with Crippen molar-refractivity contribution in [1.29, 1.82) is 0 Å². The number of rotatable bonds is 7. The lowest BCUT2D eigenvalue weighted by Crippen LogP contribution is -2.78. The number of halogens is 3. The van der Waals surface area contributed by atoms with E-state index >= 15 is 0 Å². The van der Waals surface area contributed by atoms with Crippen LogP contribution in [0.4, 0.5) is 13.2 Å². The van der Waals surface area contributed by atoms with Crippen LogP contribution in [0.2, 0.25) is 0 Å². The Morgan fingerprint density at radius 3 is 2.74 bits per heavy atom. The number of likely N-dealkylation sites (tertiary alicyclic amines) is 1. The second-order valence-electron chi connectivity index (χ2n) is 12.7. The van der Waals surface area contributed by atoms with Crippen molar-refractivity contribution in [1.82, 2.24) is 9.80 Å². The quantitative estimate of drug-likeness (QED) is 0.455. The molecule has 5 aliphatic rings. The summed E-state index contributed by atoms with van der Waals surface area (Å²) < 4.78 is 52.2. The summed E-state index contributed by atoms with van der Waals surface area (Å²) >= 11 is 0. The molecule has 2 heterocycles. The largest absolute Gasteiger partial charge is 0.493 e. The predicted molar refractivity (Wildman–Crippen MR) is 151 cm³/mol. The Morgan fingerprint density at radius 2 is 2.02 bits per heavy atom. The number of alkyl halides is 3. The highest BCUT2D eigenvalue weighted by Crippen LogP contribution is 2.66. The zero-order valence-corrected chi connectivity index (χ0v) is 24.0. The van der Waals surface area contributed by atoms with Crippen LogP contribution in [0.5, 0.6) is 11.5 Å². The van der Waals surface area contributed by atoms with Gasteiger partial charge in [-0.3, -0.25) is 9.69 Å². The highest BCUT2D eigenvalue weighted by Gasteiger charge is 2.73. The Kier molecular flexibility index (Phi) is 6.44. The molecule has 2 aliphatic heterocycles. The Morgan fingerprint density at radius 1 is 1.21 bits per heavy atom. The van der Waals surface area contributed by atoms with Crippen LogP contribution in [-0.2, 0) is 22.8 Å². The number of likely N-dealkylation sites (N-methyl/N-ethyl adjacent to an activating group) is 1. The lowest BCUT2D eigenvalue weighted by Gasteiger charge is -2.64. The summed E-state index contributed by atoms with van der Waals surface area (Å²) in [6.45, 7) is 4.19. The molecule has 2 bridgehead atoms. The van der Waals surface area contributed by atoms with Crippen molar-refractivity contribution in [3.05, 3.63) is 64.7 Å². The third-order valence-electron chi connectivity index (χ3n) is 10.6. The third kappa shape index (κ3) is 4.03. The molecule has 2 saturated carbocycles. The van der Waals surface area contributed by atoms with Crippen molar-refractivity contribution in [3.63, 3.8) is 0 Å². The van der Waals surface area contributed by atoms with Gasteiger partial charge in [-0.25, -0.2) is 0 Å². The molecule has 5 atom stereocenters. The summed E-state index contributed by atoms with van der Waals surface area (Å²) in [6, 6.07) is 8.69. The van der Waals surface area contributed by atoms with Gasteiger partial charge in [0.2, 0.25) is 5.91 Å². The minimum atomic E-state index is -4.46. The van der Waals surface area contributed by atoms with Gasteiger partial charge in [-0.05, 0) is 93.3 Å². The molecule has 6 nitrogen and oxygen atoms in total. The molecule has 0 aromatic heterocycles. The van der Waals surface area contributed by atoms with Crippen LogP contribution < -0.4 is 9.47 Å². The van der Waals surface area contributed by atoms with Gasteiger partial charge in [0, 0.05) is 30.8 Å². The number of ether oxygens (including phenoxy) is 2. The zero-order chi connectivity index (χ0) is 29.4. The summed E-state index contributed by atoms with van der Waals surface area (Å²) in [5, 5.41) is 12.8. The minimum absolute atomic E-state index is 0.0164. The molecule has 9 heteroatoms. The fourth-order valence-corrected chi connectivity index (χ4v) is 8.56. The zero-order valence-electron chi connectivity index (χ0n) is 24.0. The molecule has 0 unspecified atom stereocenters. The number of piperidine rings is 1. The first-order chi connectivity index (χ1) is 20.1. The lowest BCUT2D eigenvalue weighted by atomic mass is 9.48. The van der Waals surface area contributed by atoms with Crippen molar-refractivity contribution in [2.75, 3.05) is 26.7 Å². The van der Waals surface area contributed by atoms with E-state index in [0.29, 0.717) is 42.4 Å². The van der Waals surface area contributed by atoms with Gasteiger partial charge in [-0.2, -0.15) is 13.2 Å². The van der Waals surface area contributed by atoms with Gasteiger partial charge in [-0.1, -0.05) is 18.2 Å². The van der Waals surface area contributed by atoms with Crippen LogP contribution in [0, 0.1) is 5.92 Å². The number of methoxy groups -OCH3 is 1. The molecule has 2 aromatic carbocycles. The monoisotopic (exact) mass is 582 g/mol. The van der Waals surface area contributed by atoms with Crippen molar-refractivity contribution in [3.8, 4) is 11.5 Å². The molecular weight excluding hydrogens is 545 g/mol. The Labute approximate surface area is 244 Å². The van der Waals surface area contributed by atoms with E-state index in [4.69, 9.17) is 9.47 Å². The number of aliphatic hydroxyl groups is 1. The van der Waals surface area contributed by atoms with Gasteiger partial charge in [0.05, 0.1) is 29.7 Å². The SMILES string of the molecule is CCN(C(=O)C=Cc1cccc(C(F)(F)F)c1)[C@H]1CC[C@@]2(O)[C@H]3Cc4ccc(OC)c5c4[C@@]2(CCN3CC2CC2)[C@H]1O5. The van der Waals surface area contributed by atoms with Crippen LogP contribution in [0.15, 0.2) is 42.5 Å². The average Bonchev–Trinajstić information content (AvgIpc) is 3.71. The molecule has 1 saturated heterocycles. The van der Waals surface area contributed by atoms with E-state index in [1.807, 2.05) is 13.0 Å². The molecule has 42 heavy (non-hydrogen) atoms. The molecule has 1 N–H and O–H groups in total.